The first-order valence-corrected chi connectivity index (χ1v) is 14.2. The lowest BCUT2D eigenvalue weighted by atomic mass is 10.1. The maximum Gasteiger partial charge on any atom is 0.264 e. The van der Waals surface area contributed by atoms with Gasteiger partial charge in [0.25, 0.3) is 10.0 Å². The van der Waals surface area contributed by atoms with Crippen LogP contribution in [0.5, 0.6) is 0 Å². The number of halogens is 3. The third-order valence-corrected chi connectivity index (χ3v) is 9.09. The van der Waals surface area contributed by atoms with Crippen molar-refractivity contribution in [3.05, 3.63) is 92.4 Å². The number of likely N-dealkylation sites (N-methyl/N-ethyl adjacent to an activating group) is 1. The van der Waals surface area contributed by atoms with Gasteiger partial charge in [-0.3, -0.25) is 13.9 Å². The van der Waals surface area contributed by atoms with Gasteiger partial charge in [0.2, 0.25) is 11.8 Å². The molecule has 2 amide bonds. The van der Waals surface area contributed by atoms with Gasteiger partial charge in [-0.2, -0.15) is 0 Å². The van der Waals surface area contributed by atoms with E-state index in [1.165, 1.54) is 24.1 Å². The fourth-order valence-corrected chi connectivity index (χ4v) is 6.02. The van der Waals surface area contributed by atoms with Crippen LogP contribution < -0.4 is 9.62 Å². The van der Waals surface area contributed by atoms with Crippen molar-refractivity contribution in [2.45, 2.75) is 38.3 Å². The van der Waals surface area contributed by atoms with Gasteiger partial charge in [-0.15, -0.1) is 0 Å². The maximum absolute atomic E-state index is 13.9. The standard InChI is InChI=1S/C27H28Cl3N3O4S/c1-17-11-13-20(14-12-17)38(36,37)33(25-10-6-7-22(28)18(25)2)16-26(34)32(19(3)27(35)31-4)15-21-23(29)8-5-9-24(21)30/h5-14,19H,15-16H2,1-4H3,(H,31,35)/t19-/m1/s1. The number of carbonyl (C=O) groups is 2. The number of rotatable bonds is 9. The second kappa shape index (κ2) is 12.4. The summed E-state index contributed by atoms with van der Waals surface area (Å²) in [5.74, 6) is -1.07. The van der Waals surface area contributed by atoms with E-state index in [0.29, 0.717) is 26.2 Å². The number of aryl methyl sites for hydroxylation is 1. The van der Waals surface area contributed by atoms with Crippen molar-refractivity contribution < 1.29 is 18.0 Å². The highest BCUT2D eigenvalue weighted by Gasteiger charge is 2.33. The molecule has 0 aromatic heterocycles. The number of anilines is 1. The molecule has 0 heterocycles. The number of carbonyl (C=O) groups excluding carboxylic acids is 2. The van der Waals surface area contributed by atoms with Crippen LogP contribution in [0.1, 0.15) is 23.6 Å². The molecule has 3 aromatic carbocycles. The highest BCUT2D eigenvalue weighted by molar-refractivity contribution is 7.92. The van der Waals surface area contributed by atoms with Gasteiger partial charge < -0.3 is 10.2 Å². The van der Waals surface area contributed by atoms with Crippen LogP contribution in [0.15, 0.2) is 65.6 Å². The van der Waals surface area contributed by atoms with Crippen LogP contribution in [-0.2, 0) is 26.2 Å². The molecule has 0 aliphatic rings. The highest BCUT2D eigenvalue weighted by Crippen LogP contribution is 2.32. The van der Waals surface area contributed by atoms with Crippen molar-refractivity contribution in [2.75, 3.05) is 17.9 Å². The lowest BCUT2D eigenvalue weighted by Crippen LogP contribution is -2.50. The first kappa shape index (κ1) is 29.8. The molecular formula is C27H28Cl3N3O4S. The Kier molecular flexibility index (Phi) is 9.70. The molecule has 0 spiro atoms. The highest BCUT2D eigenvalue weighted by atomic mass is 35.5. The van der Waals surface area contributed by atoms with Crippen LogP contribution in [0.3, 0.4) is 0 Å². The zero-order valence-electron chi connectivity index (χ0n) is 21.3. The van der Waals surface area contributed by atoms with E-state index < -0.39 is 34.4 Å². The molecule has 0 unspecified atom stereocenters. The molecular weight excluding hydrogens is 569 g/mol. The van der Waals surface area contributed by atoms with Gasteiger partial charge in [-0.1, -0.05) is 64.6 Å². The fraction of sp³-hybridized carbons (Fsp3) is 0.259. The SMILES string of the molecule is CNC(=O)[C@@H](C)N(Cc1c(Cl)cccc1Cl)C(=O)CN(c1cccc(Cl)c1C)S(=O)(=O)c1ccc(C)cc1. The molecule has 0 aliphatic carbocycles. The molecule has 0 aliphatic heterocycles. The van der Waals surface area contributed by atoms with Gasteiger partial charge in [0.05, 0.1) is 10.6 Å². The molecule has 3 rings (SSSR count). The minimum atomic E-state index is -4.20. The van der Waals surface area contributed by atoms with E-state index in [-0.39, 0.29) is 17.1 Å². The van der Waals surface area contributed by atoms with E-state index in [9.17, 15) is 18.0 Å². The van der Waals surface area contributed by atoms with Gasteiger partial charge in [0, 0.05) is 34.2 Å². The average molecular weight is 597 g/mol. The molecule has 1 atom stereocenters. The summed E-state index contributed by atoms with van der Waals surface area (Å²) in [6, 6.07) is 15.1. The Hall–Kier alpha value is -2.78. The zero-order chi connectivity index (χ0) is 28.2. The number of nitrogens with one attached hydrogen (secondary N) is 1. The smallest absolute Gasteiger partial charge is 0.264 e. The summed E-state index contributed by atoms with van der Waals surface area (Å²) in [4.78, 5) is 27.7. The van der Waals surface area contributed by atoms with Crippen molar-refractivity contribution in [2.24, 2.45) is 0 Å². The molecule has 0 saturated heterocycles. The second-order valence-electron chi connectivity index (χ2n) is 8.72. The molecule has 1 N–H and O–H groups in total. The quantitative estimate of drug-likeness (QED) is 0.347. The first-order valence-electron chi connectivity index (χ1n) is 11.7. The minimum absolute atomic E-state index is 0.00956. The molecule has 202 valence electrons. The minimum Gasteiger partial charge on any atom is -0.357 e. The predicted molar refractivity (Wildman–Crippen MR) is 152 cm³/mol. The van der Waals surface area contributed by atoms with E-state index in [2.05, 4.69) is 5.32 Å². The normalized spacial score (nSPS) is 12.1. The van der Waals surface area contributed by atoms with Crippen LogP contribution in [-0.4, -0.2) is 44.8 Å². The van der Waals surface area contributed by atoms with Crippen LogP contribution in [0.2, 0.25) is 15.1 Å². The van der Waals surface area contributed by atoms with Crippen molar-refractivity contribution >= 4 is 62.3 Å². The summed E-state index contributed by atoms with van der Waals surface area (Å²) in [5, 5.41) is 3.50. The number of hydrogen-bond donors (Lipinski definition) is 1. The molecule has 0 saturated carbocycles. The third-order valence-electron chi connectivity index (χ3n) is 6.20. The lowest BCUT2D eigenvalue weighted by molar-refractivity contribution is -0.139. The Morgan fingerprint density at radius 3 is 2.03 bits per heavy atom. The van der Waals surface area contributed by atoms with Gasteiger partial charge in [0.1, 0.15) is 12.6 Å². The van der Waals surface area contributed by atoms with Crippen LogP contribution in [0.4, 0.5) is 5.69 Å². The van der Waals surface area contributed by atoms with Crippen LogP contribution >= 0.6 is 34.8 Å². The van der Waals surface area contributed by atoms with Crippen molar-refractivity contribution in [1.29, 1.82) is 0 Å². The summed E-state index contributed by atoms with van der Waals surface area (Å²) in [6.45, 7) is 4.36. The summed E-state index contributed by atoms with van der Waals surface area (Å²) >= 11 is 19.0. The molecule has 0 bridgehead atoms. The molecule has 3 aromatic rings. The molecule has 38 heavy (non-hydrogen) atoms. The lowest BCUT2D eigenvalue weighted by Gasteiger charge is -2.32. The number of benzene rings is 3. The monoisotopic (exact) mass is 595 g/mol. The summed E-state index contributed by atoms with van der Waals surface area (Å²) in [5.41, 5.74) is 2.05. The van der Waals surface area contributed by atoms with Gasteiger partial charge in [-0.05, 0) is 62.7 Å². The van der Waals surface area contributed by atoms with E-state index in [4.69, 9.17) is 34.8 Å². The summed E-state index contributed by atoms with van der Waals surface area (Å²) < 4.78 is 28.8. The van der Waals surface area contributed by atoms with E-state index in [0.717, 1.165) is 9.87 Å². The second-order valence-corrected chi connectivity index (χ2v) is 11.8. The molecule has 7 nitrogen and oxygen atoms in total. The summed E-state index contributed by atoms with van der Waals surface area (Å²) in [7, 11) is -2.75. The molecule has 11 heteroatoms. The van der Waals surface area contributed by atoms with E-state index in [1.807, 2.05) is 6.92 Å². The van der Waals surface area contributed by atoms with Crippen molar-refractivity contribution in [3.8, 4) is 0 Å². The van der Waals surface area contributed by atoms with Crippen LogP contribution in [0.25, 0.3) is 0 Å². The molecule has 0 fully saturated rings. The zero-order valence-corrected chi connectivity index (χ0v) is 24.4. The third kappa shape index (κ3) is 6.43. The Morgan fingerprint density at radius 1 is 0.895 bits per heavy atom. The largest absolute Gasteiger partial charge is 0.357 e. The predicted octanol–water partition coefficient (Wildman–Crippen LogP) is 5.62. The Labute approximate surface area is 238 Å². The van der Waals surface area contributed by atoms with Gasteiger partial charge in [0.15, 0.2) is 0 Å². The maximum atomic E-state index is 13.9. The number of sulfonamides is 1. The van der Waals surface area contributed by atoms with Gasteiger partial charge >= 0.3 is 0 Å². The Balaban J connectivity index is 2.11. The topological polar surface area (TPSA) is 86.8 Å². The number of hydrogen-bond acceptors (Lipinski definition) is 4. The van der Waals surface area contributed by atoms with E-state index >= 15 is 0 Å². The molecule has 0 radical (unpaired) electrons. The first-order chi connectivity index (χ1) is 17.9. The summed E-state index contributed by atoms with van der Waals surface area (Å²) in [6.07, 6.45) is 0. The van der Waals surface area contributed by atoms with Crippen molar-refractivity contribution in [3.63, 3.8) is 0 Å². The Bertz CT molecular complexity index is 1430. The fourth-order valence-electron chi connectivity index (χ4n) is 3.86. The number of nitrogens with zero attached hydrogens (tertiary/aromatic N) is 2. The van der Waals surface area contributed by atoms with Crippen LogP contribution in [0, 0.1) is 13.8 Å². The Morgan fingerprint density at radius 2 is 1.45 bits per heavy atom. The van der Waals surface area contributed by atoms with E-state index in [1.54, 1.807) is 62.4 Å². The average Bonchev–Trinajstić information content (AvgIpc) is 2.88. The number of amides is 2. The van der Waals surface area contributed by atoms with Crippen molar-refractivity contribution in [1.82, 2.24) is 10.2 Å². The van der Waals surface area contributed by atoms with Gasteiger partial charge in [-0.25, -0.2) is 8.42 Å².